The van der Waals surface area contributed by atoms with Gasteiger partial charge in [0.25, 0.3) is 0 Å². The molecule has 0 amide bonds. The van der Waals surface area contributed by atoms with E-state index in [1.807, 2.05) is 0 Å². The van der Waals surface area contributed by atoms with Crippen LogP contribution < -0.4 is 5.73 Å². The Morgan fingerprint density at radius 1 is 1.19 bits per heavy atom. The zero-order valence-corrected chi connectivity index (χ0v) is 13.7. The molecule has 1 aliphatic heterocycles. The minimum Gasteiger partial charge on any atom is -0.370 e. The fourth-order valence-electron chi connectivity index (χ4n) is 4.24. The first-order valence-electron chi connectivity index (χ1n) is 8.13. The molecule has 21 heavy (non-hydrogen) atoms. The fourth-order valence-corrected chi connectivity index (χ4v) is 4.24. The molecule has 3 rings (SSSR count). The summed E-state index contributed by atoms with van der Waals surface area (Å²) in [4.78, 5) is 2.56. The summed E-state index contributed by atoms with van der Waals surface area (Å²) < 4.78 is 6.04. The van der Waals surface area contributed by atoms with E-state index in [4.69, 9.17) is 10.5 Å². The van der Waals surface area contributed by atoms with E-state index in [1.54, 1.807) is 0 Å². The zero-order chi connectivity index (χ0) is 15.2. The Morgan fingerprint density at radius 2 is 1.86 bits per heavy atom. The van der Waals surface area contributed by atoms with E-state index < -0.39 is 0 Å². The maximum absolute atomic E-state index is 6.64. The molecule has 0 bridgehead atoms. The number of nitrogens with zero attached hydrogens (tertiary/aromatic N) is 1. The van der Waals surface area contributed by atoms with Crippen LogP contribution in [0.5, 0.6) is 0 Å². The Morgan fingerprint density at radius 3 is 2.52 bits per heavy atom. The van der Waals surface area contributed by atoms with Crippen molar-refractivity contribution in [2.24, 2.45) is 5.73 Å². The third-order valence-corrected chi connectivity index (χ3v) is 4.96. The van der Waals surface area contributed by atoms with E-state index in [1.165, 1.54) is 11.1 Å². The van der Waals surface area contributed by atoms with Crippen molar-refractivity contribution >= 4 is 0 Å². The summed E-state index contributed by atoms with van der Waals surface area (Å²) in [7, 11) is 0. The van der Waals surface area contributed by atoms with Gasteiger partial charge in [0.15, 0.2) is 0 Å². The Labute approximate surface area is 128 Å². The quantitative estimate of drug-likeness (QED) is 0.863. The number of hydrogen-bond donors (Lipinski definition) is 1. The molecule has 1 aromatic rings. The van der Waals surface area contributed by atoms with Crippen LogP contribution in [-0.2, 0) is 4.74 Å². The first-order chi connectivity index (χ1) is 9.87. The molecule has 1 fully saturated rings. The smallest absolute Gasteiger partial charge is 0.0757 e. The molecule has 3 heteroatoms. The Hall–Kier alpha value is -0.900. The number of morpholine rings is 1. The van der Waals surface area contributed by atoms with Crippen LogP contribution in [0, 0.1) is 0 Å². The molecule has 2 N–H and O–H groups in total. The van der Waals surface area contributed by atoms with E-state index in [0.717, 1.165) is 19.5 Å². The molecule has 1 aliphatic carbocycles. The molecular formula is C18H28N2O. The normalized spacial score (nSPS) is 36.2. The van der Waals surface area contributed by atoms with Crippen molar-refractivity contribution in [2.45, 2.75) is 63.8 Å². The number of benzene rings is 1. The van der Waals surface area contributed by atoms with Crippen LogP contribution in [0.25, 0.3) is 0 Å². The molecule has 4 atom stereocenters. The third-order valence-electron chi connectivity index (χ3n) is 4.96. The standard InChI is InChI=1S/C18H28N2O/c1-12-9-16(17(19)15-8-6-5-7-14(12)15)20-10-13(2)21-18(3,4)11-20/h5-8,12-13,16-17H,9-11,19H2,1-4H3. The lowest BCUT2D eigenvalue weighted by atomic mass is 9.77. The van der Waals surface area contributed by atoms with Crippen molar-refractivity contribution in [2.75, 3.05) is 13.1 Å². The van der Waals surface area contributed by atoms with Gasteiger partial charge in [-0.1, -0.05) is 31.2 Å². The van der Waals surface area contributed by atoms with E-state index in [0.29, 0.717) is 12.0 Å². The van der Waals surface area contributed by atoms with Crippen molar-refractivity contribution in [3.8, 4) is 0 Å². The topological polar surface area (TPSA) is 38.5 Å². The van der Waals surface area contributed by atoms with Crippen LogP contribution in [0.15, 0.2) is 24.3 Å². The van der Waals surface area contributed by atoms with Gasteiger partial charge in [-0.3, -0.25) is 4.90 Å². The lowest BCUT2D eigenvalue weighted by Crippen LogP contribution is -2.58. The van der Waals surface area contributed by atoms with Crippen LogP contribution in [0.1, 0.15) is 57.2 Å². The highest BCUT2D eigenvalue weighted by Gasteiger charge is 2.40. The molecule has 2 aliphatic rings. The second-order valence-electron chi connectivity index (χ2n) is 7.48. The van der Waals surface area contributed by atoms with Gasteiger partial charge in [-0.05, 0) is 44.2 Å². The van der Waals surface area contributed by atoms with Gasteiger partial charge < -0.3 is 10.5 Å². The summed E-state index contributed by atoms with van der Waals surface area (Å²) in [6.45, 7) is 10.8. The monoisotopic (exact) mass is 288 g/mol. The minimum atomic E-state index is -0.0857. The number of ether oxygens (including phenoxy) is 1. The van der Waals surface area contributed by atoms with Crippen molar-refractivity contribution in [1.29, 1.82) is 0 Å². The average Bonchev–Trinajstić information content (AvgIpc) is 2.40. The number of fused-ring (bicyclic) bond motifs is 1. The van der Waals surface area contributed by atoms with Crippen LogP contribution in [0.2, 0.25) is 0 Å². The molecule has 3 nitrogen and oxygen atoms in total. The van der Waals surface area contributed by atoms with Crippen LogP contribution in [-0.4, -0.2) is 35.7 Å². The van der Waals surface area contributed by atoms with E-state index in [9.17, 15) is 0 Å². The van der Waals surface area contributed by atoms with Gasteiger partial charge in [-0.2, -0.15) is 0 Å². The summed E-state index contributed by atoms with van der Waals surface area (Å²) in [5.74, 6) is 0.576. The molecule has 4 unspecified atom stereocenters. The lowest BCUT2D eigenvalue weighted by molar-refractivity contribution is -0.141. The second kappa shape index (κ2) is 5.38. The highest BCUT2D eigenvalue weighted by molar-refractivity contribution is 5.36. The van der Waals surface area contributed by atoms with E-state index in [2.05, 4.69) is 56.9 Å². The summed E-state index contributed by atoms with van der Waals surface area (Å²) in [6.07, 6.45) is 1.41. The zero-order valence-electron chi connectivity index (χ0n) is 13.7. The molecule has 1 aromatic carbocycles. The maximum Gasteiger partial charge on any atom is 0.0757 e. The SMILES string of the molecule is CC1CN(C2CC(C)c3ccccc3C2N)CC(C)(C)O1. The highest BCUT2D eigenvalue weighted by atomic mass is 16.5. The van der Waals surface area contributed by atoms with Crippen molar-refractivity contribution in [3.63, 3.8) is 0 Å². The Balaban J connectivity index is 1.87. The minimum absolute atomic E-state index is 0.0857. The predicted octanol–water partition coefficient (Wildman–Crippen LogP) is 3.06. The summed E-state index contributed by atoms with van der Waals surface area (Å²) in [5, 5.41) is 0. The van der Waals surface area contributed by atoms with Crippen LogP contribution >= 0.6 is 0 Å². The number of nitrogens with two attached hydrogens (primary N) is 1. The van der Waals surface area contributed by atoms with Crippen molar-refractivity contribution in [3.05, 3.63) is 35.4 Å². The van der Waals surface area contributed by atoms with Crippen molar-refractivity contribution in [1.82, 2.24) is 4.90 Å². The number of rotatable bonds is 1. The molecule has 1 heterocycles. The summed E-state index contributed by atoms with van der Waals surface area (Å²) >= 11 is 0. The molecule has 1 saturated heterocycles. The summed E-state index contributed by atoms with van der Waals surface area (Å²) in [5.41, 5.74) is 9.31. The molecule has 0 aromatic heterocycles. The molecule has 0 spiro atoms. The predicted molar refractivity (Wildman–Crippen MR) is 86.4 cm³/mol. The average molecular weight is 288 g/mol. The van der Waals surface area contributed by atoms with Gasteiger partial charge >= 0.3 is 0 Å². The van der Waals surface area contributed by atoms with E-state index in [-0.39, 0.29) is 17.7 Å². The van der Waals surface area contributed by atoms with Gasteiger partial charge in [-0.25, -0.2) is 0 Å². The molecule has 0 saturated carbocycles. The van der Waals surface area contributed by atoms with Crippen LogP contribution in [0.4, 0.5) is 0 Å². The first kappa shape index (κ1) is 15.0. The van der Waals surface area contributed by atoms with Crippen LogP contribution in [0.3, 0.4) is 0 Å². The lowest BCUT2D eigenvalue weighted by Gasteiger charge is -2.49. The van der Waals surface area contributed by atoms with Crippen molar-refractivity contribution < 1.29 is 4.74 Å². The van der Waals surface area contributed by atoms with E-state index >= 15 is 0 Å². The second-order valence-corrected chi connectivity index (χ2v) is 7.48. The molecule has 116 valence electrons. The molecular weight excluding hydrogens is 260 g/mol. The maximum atomic E-state index is 6.64. The van der Waals surface area contributed by atoms with Gasteiger partial charge in [-0.15, -0.1) is 0 Å². The summed E-state index contributed by atoms with van der Waals surface area (Å²) in [6, 6.07) is 9.21. The largest absolute Gasteiger partial charge is 0.370 e. The Kier molecular flexibility index (Phi) is 3.85. The van der Waals surface area contributed by atoms with Gasteiger partial charge in [0.05, 0.1) is 11.7 Å². The Bertz CT molecular complexity index is 514. The van der Waals surface area contributed by atoms with Gasteiger partial charge in [0.2, 0.25) is 0 Å². The molecule has 0 radical (unpaired) electrons. The third kappa shape index (κ3) is 2.87. The van der Waals surface area contributed by atoms with Gasteiger partial charge in [0.1, 0.15) is 0 Å². The highest BCUT2D eigenvalue weighted by Crippen LogP contribution is 2.39. The fraction of sp³-hybridized carbons (Fsp3) is 0.667. The number of hydrogen-bond acceptors (Lipinski definition) is 3. The van der Waals surface area contributed by atoms with Gasteiger partial charge in [0, 0.05) is 25.2 Å². The first-order valence-corrected chi connectivity index (χ1v) is 8.13.